The van der Waals surface area contributed by atoms with Gasteiger partial charge >= 0.3 is 5.97 Å². The number of pyridine rings is 1. The molecule has 0 bridgehead atoms. The highest BCUT2D eigenvalue weighted by atomic mass is 19.1. The van der Waals surface area contributed by atoms with Crippen LogP contribution in [0.4, 0.5) is 14.6 Å². The van der Waals surface area contributed by atoms with Gasteiger partial charge in [0.1, 0.15) is 29.1 Å². The predicted octanol–water partition coefficient (Wildman–Crippen LogP) is 2.09. The number of nitrogens with zero attached hydrogens (tertiary/aromatic N) is 3. The van der Waals surface area contributed by atoms with Gasteiger partial charge in [0.25, 0.3) is 11.6 Å². The number of aromatic nitrogens is 3. The van der Waals surface area contributed by atoms with Crippen LogP contribution in [0.3, 0.4) is 0 Å². The van der Waals surface area contributed by atoms with E-state index in [1.807, 2.05) is 0 Å². The zero-order chi connectivity index (χ0) is 23.4. The van der Waals surface area contributed by atoms with Gasteiger partial charge in [-0.25, -0.2) is 18.6 Å². The van der Waals surface area contributed by atoms with Crippen LogP contribution in [0.2, 0.25) is 0 Å². The number of hydrogen-bond donors (Lipinski definition) is 2. The number of hydrogen-bond acceptors (Lipinski definition) is 6. The predicted molar refractivity (Wildman–Crippen MR) is 108 cm³/mol. The molecule has 1 aliphatic carbocycles. The van der Waals surface area contributed by atoms with Gasteiger partial charge in [0.15, 0.2) is 17.6 Å². The molecule has 3 aromatic rings. The van der Waals surface area contributed by atoms with Gasteiger partial charge in [-0.1, -0.05) is 0 Å². The zero-order valence-corrected chi connectivity index (χ0v) is 17.1. The third kappa shape index (κ3) is 3.50. The largest absolute Gasteiger partial charge is 0.618 e. The summed E-state index contributed by atoms with van der Waals surface area (Å²) < 4.78 is 34.4. The van der Waals surface area contributed by atoms with Crippen molar-refractivity contribution in [2.75, 3.05) is 5.32 Å². The average Bonchev–Trinajstić information content (AvgIpc) is 3.34. The van der Waals surface area contributed by atoms with Crippen molar-refractivity contribution in [3.8, 4) is 5.69 Å². The standard InChI is InChI=1S/C22H18F2N4O5/c23-13-8-14(24)10-15(9-13)27-11-17(25-12-27)26-20(30)21(31)3-5-22(6-4-21)18-16(19(29)33-22)2-1-7-28(18)32/h1-2,7-12,31H,3-6H2,(H,26,30). The number of esters is 1. The Bertz CT molecular complexity index is 1260. The summed E-state index contributed by atoms with van der Waals surface area (Å²) in [6.07, 6.45) is 3.95. The van der Waals surface area contributed by atoms with Crippen LogP contribution in [-0.2, 0) is 15.1 Å². The molecule has 2 aromatic heterocycles. The fourth-order valence-corrected chi connectivity index (χ4v) is 4.46. The summed E-state index contributed by atoms with van der Waals surface area (Å²) >= 11 is 0. The average molecular weight is 456 g/mol. The summed E-state index contributed by atoms with van der Waals surface area (Å²) in [5.74, 6) is -2.77. The molecule has 1 saturated carbocycles. The Labute approximate surface area is 185 Å². The van der Waals surface area contributed by atoms with Crippen molar-refractivity contribution < 1.29 is 32.9 Å². The molecule has 33 heavy (non-hydrogen) atoms. The molecule has 0 saturated heterocycles. The molecule has 1 aromatic carbocycles. The third-order valence-corrected chi connectivity index (χ3v) is 6.18. The lowest BCUT2D eigenvalue weighted by atomic mass is 9.74. The molecule has 170 valence electrons. The molecule has 11 heteroatoms. The van der Waals surface area contributed by atoms with Gasteiger partial charge in [0, 0.05) is 25.0 Å². The molecule has 5 rings (SSSR count). The second-order valence-corrected chi connectivity index (χ2v) is 8.26. The van der Waals surface area contributed by atoms with Crippen molar-refractivity contribution in [2.24, 2.45) is 0 Å². The minimum atomic E-state index is -1.78. The van der Waals surface area contributed by atoms with Crippen LogP contribution in [0.1, 0.15) is 41.7 Å². The molecule has 3 heterocycles. The van der Waals surface area contributed by atoms with E-state index >= 15 is 0 Å². The summed E-state index contributed by atoms with van der Waals surface area (Å²) in [6, 6.07) is 5.91. The zero-order valence-electron chi connectivity index (χ0n) is 17.1. The number of halogens is 2. The Morgan fingerprint density at radius 1 is 1.21 bits per heavy atom. The molecule has 0 radical (unpaired) electrons. The lowest BCUT2D eigenvalue weighted by Crippen LogP contribution is -2.51. The van der Waals surface area contributed by atoms with E-state index in [0.29, 0.717) is 4.73 Å². The molecule has 0 unspecified atom stereocenters. The second-order valence-electron chi connectivity index (χ2n) is 8.26. The quantitative estimate of drug-likeness (QED) is 0.354. The van der Waals surface area contributed by atoms with Gasteiger partial charge in [0.05, 0.1) is 11.9 Å². The van der Waals surface area contributed by atoms with Crippen molar-refractivity contribution in [1.29, 1.82) is 0 Å². The lowest BCUT2D eigenvalue weighted by molar-refractivity contribution is -0.621. The summed E-state index contributed by atoms with van der Waals surface area (Å²) in [6.45, 7) is 0. The highest BCUT2D eigenvalue weighted by Crippen LogP contribution is 2.48. The SMILES string of the molecule is O=C1OC2(CCC(O)(C(=O)Nc3cn(-c4cc(F)cc(F)c4)cn3)CC2)c2c1ccc[n+]2[O-]. The number of amides is 1. The molecule has 1 aliphatic heterocycles. The molecule has 1 amide bonds. The van der Waals surface area contributed by atoms with Crippen molar-refractivity contribution in [3.63, 3.8) is 0 Å². The highest BCUT2D eigenvalue weighted by molar-refractivity contribution is 5.97. The number of carbonyl (C=O) groups excluding carboxylic acids is 2. The van der Waals surface area contributed by atoms with Gasteiger partial charge < -0.3 is 24.9 Å². The molecule has 2 aliphatic rings. The molecule has 1 fully saturated rings. The first-order valence-electron chi connectivity index (χ1n) is 10.2. The van der Waals surface area contributed by atoms with E-state index in [9.17, 15) is 28.7 Å². The van der Waals surface area contributed by atoms with E-state index in [0.717, 1.165) is 18.2 Å². The van der Waals surface area contributed by atoms with Crippen molar-refractivity contribution in [2.45, 2.75) is 36.9 Å². The van der Waals surface area contributed by atoms with Crippen LogP contribution in [0, 0.1) is 16.8 Å². The summed E-state index contributed by atoms with van der Waals surface area (Å²) in [5, 5.41) is 25.8. The van der Waals surface area contributed by atoms with E-state index in [-0.39, 0.29) is 48.4 Å². The summed E-state index contributed by atoms with van der Waals surface area (Å²) in [7, 11) is 0. The van der Waals surface area contributed by atoms with E-state index in [4.69, 9.17) is 4.74 Å². The van der Waals surface area contributed by atoms with Crippen molar-refractivity contribution in [1.82, 2.24) is 9.55 Å². The number of ether oxygens (including phenoxy) is 1. The topological polar surface area (TPSA) is 120 Å². The number of nitrogens with one attached hydrogen (secondary N) is 1. The number of benzene rings is 1. The Balaban J connectivity index is 1.31. The van der Waals surface area contributed by atoms with Crippen LogP contribution in [0.25, 0.3) is 5.69 Å². The Morgan fingerprint density at radius 3 is 2.61 bits per heavy atom. The van der Waals surface area contributed by atoms with E-state index in [2.05, 4.69) is 10.3 Å². The van der Waals surface area contributed by atoms with Crippen LogP contribution >= 0.6 is 0 Å². The van der Waals surface area contributed by atoms with Gasteiger partial charge in [-0.3, -0.25) is 4.79 Å². The first-order chi connectivity index (χ1) is 15.7. The van der Waals surface area contributed by atoms with E-state index < -0.39 is 34.7 Å². The van der Waals surface area contributed by atoms with Gasteiger partial charge in [-0.05, 0) is 31.0 Å². The monoisotopic (exact) mass is 456 g/mol. The number of fused-ring (bicyclic) bond motifs is 2. The molecular formula is C22H18F2N4O5. The van der Waals surface area contributed by atoms with Crippen LogP contribution in [-0.4, -0.2) is 32.1 Å². The number of aliphatic hydroxyl groups is 1. The number of imidazole rings is 1. The van der Waals surface area contributed by atoms with Crippen LogP contribution in [0.5, 0.6) is 0 Å². The molecular weight excluding hydrogens is 438 g/mol. The van der Waals surface area contributed by atoms with Gasteiger partial charge in [0.2, 0.25) is 0 Å². The molecule has 9 nitrogen and oxygen atoms in total. The number of rotatable bonds is 3. The van der Waals surface area contributed by atoms with Crippen molar-refractivity contribution in [3.05, 3.63) is 77.2 Å². The fraction of sp³-hybridized carbons (Fsp3) is 0.273. The van der Waals surface area contributed by atoms with Gasteiger partial charge in [-0.2, -0.15) is 4.73 Å². The van der Waals surface area contributed by atoms with Crippen molar-refractivity contribution >= 4 is 17.7 Å². The first-order valence-corrected chi connectivity index (χ1v) is 10.2. The van der Waals surface area contributed by atoms with Crippen LogP contribution in [0.15, 0.2) is 49.1 Å². The second kappa shape index (κ2) is 7.34. The Morgan fingerprint density at radius 2 is 1.91 bits per heavy atom. The molecule has 1 spiro atoms. The number of anilines is 1. The molecule has 0 atom stereocenters. The maximum absolute atomic E-state index is 13.5. The Kier molecular flexibility index (Phi) is 4.67. The summed E-state index contributed by atoms with van der Waals surface area (Å²) in [4.78, 5) is 29.0. The number of carbonyl (C=O) groups is 2. The Hall–Kier alpha value is -3.86. The minimum absolute atomic E-state index is 0.0593. The highest BCUT2D eigenvalue weighted by Gasteiger charge is 2.57. The lowest BCUT2D eigenvalue weighted by Gasteiger charge is -2.38. The maximum Gasteiger partial charge on any atom is 0.345 e. The van der Waals surface area contributed by atoms with Gasteiger partial charge in [-0.15, -0.1) is 0 Å². The maximum atomic E-state index is 13.5. The smallest absolute Gasteiger partial charge is 0.345 e. The first kappa shape index (κ1) is 21.0. The fourth-order valence-electron chi connectivity index (χ4n) is 4.46. The molecule has 2 N–H and O–H groups in total. The third-order valence-electron chi connectivity index (χ3n) is 6.18. The van der Waals surface area contributed by atoms with E-state index in [1.54, 1.807) is 0 Å². The van der Waals surface area contributed by atoms with E-state index in [1.165, 1.54) is 35.4 Å². The minimum Gasteiger partial charge on any atom is -0.618 e. The van der Waals surface area contributed by atoms with Crippen LogP contribution < -0.4 is 10.0 Å². The summed E-state index contributed by atoms with van der Waals surface area (Å²) in [5.41, 5.74) is -2.42. The normalized spacial score (nSPS) is 23.9.